The molecular formula is C23H25FN2O5S. The maximum Gasteiger partial charge on any atom is 0.319 e. The summed E-state index contributed by atoms with van der Waals surface area (Å²) in [6.45, 7) is 3.06. The van der Waals surface area contributed by atoms with E-state index in [1.165, 1.54) is 24.3 Å². The van der Waals surface area contributed by atoms with Crippen molar-refractivity contribution in [2.24, 2.45) is 0 Å². The van der Waals surface area contributed by atoms with Gasteiger partial charge in [-0.05, 0) is 61.9 Å². The number of benzene rings is 2. The van der Waals surface area contributed by atoms with Crippen molar-refractivity contribution in [1.82, 2.24) is 0 Å². The van der Waals surface area contributed by atoms with Crippen LogP contribution in [-0.2, 0) is 19.1 Å². The van der Waals surface area contributed by atoms with Crippen molar-refractivity contribution in [3.63, 3.8) is 0 Å². The summed E-state index contributed by atoms with van der Waals surface area (Å²) in [7, 11) is 0. The van der Waals surface area contributed by atoms with Crippen molar-refractivity contribution < 1.29 is 28.3 Å². The number of ketones is 1. The van der Waals surface area contributed by atoms with Gasteiger partial charge in [0.25, 0.3) is 0 Å². The number of carbonyl (C=O) groups excluding carboxylic acids is 4. The minimum Gasteiger partial charge on any atom is -0.456 e. The summed E-state index contributed by atoms with van der Waals surface area (Å²) in [6.07, 6.45) is 1.16. The Balaban J connectivity index is 1.73. The van der Waals surface area contributed by atoms with Gasteiger partial charge < -0.3 is 15.4 Å². The molecule has 2 aromatic rings. The quantitative estimate of drug-likeness (QED) is 0.388. The number of hydrogen-bond acceptors (Lipinski definition) is 6. The zero-order valence-corrected chi connectivity index (χ0v) is 18.7. The molecular weight excluding hydrogens is 435 g/mol. The lowest BCUT2D eigenvalue weighted by atomic mass is 10.1. The van der Waals surface area contributed by atoms with Crippen LogP contribution in [-0.4, -0.2) is 41.2 Å². The Morgan fingerprint density at radius 2 is 1.50 bits per heavy atom. The zero-order valence-electron chi connectivity index (χ0n) is 17.9. The number of thioether (sulfide) groups is 1. The number of nitrogens with one attached hydrogen (secondary N) is 2. The number of Topliss-reactive ketones (excluding diaryl/α,β-unsaturated/α-hetero) is 1. The number of ether oxygens (including phenoxy) is 1. The first-order valence-electron chi connectivity index (χ1n) is 10.0. The smallest absolute Gasteiger partial charge is 0.319 e. The molecule has 0 heterocycles. The molecule has 9 heteroatoms. The van der Waals surface area contributed by atoms with E-state index in [-0.39, 0.29) is 23.4 Å². The highest BCUT2D eigenvalue weighted by atomic mass is 32.2. The maximum absolute atomic E-state index is 12.9. The average molecular weight is 461 g/mol. The second kappa shape index (κ2) is 12.6. The molecule has 0 aliphatic carbocycles. The fraction of sp³-hybridized carbons (Fsp3) is 0.304. The predicted molar refractivity (Wildman–Crippen MR) is 122 cm³/mol. The molecule has 0 bridgehead atoms. The van der Waals surface area contributed by atoms with E-state index in [1.807, 2.05) is 6.92 Å². The van der Waals surface area contributed by atoms with E-state index in [1.54, 1.807) is 31.2 Å². The van der Waals surface area contributed by atoms with Crippen molar-refractivity contribution in [2.75, 3.05) is 23.0 Å². The Kier molecular flexibility index (Phi) is 9.87. The number of esters is 1. The summed E-state index contributed by atoms with van der Waals surface area (Å²) < 4.78 is 17.9. The van der Waals surface area contributed by atoms with Crippen molar-refractivity contribution in [2.45, 2.75) is 31.9 Å². The molecule has 7 nitrogen and oxygen atoms in total. The van der Waals surface area contributed by atoms with Crippen LogP contribution in [0.5, 0.6) is 0 Å². The van der Waals surface area contributed by atoms with E-state index in [0.717, 1.165) is 18.2 Å². The van der Waals surface area contributed by atoms with Gasteiger partial charge in [0.15, 0.2) is 12.4 Å². The van der Waals surface area contributed by atoms with E-state index in [0.29, 0.717) is 23.4 Å². The van der Waals surface area contributed by atoms with Gasteiger partial charge in [-0.25, -0.2) is 4.39 Å². The fourth-order valence-electron chi connectivity index (χ4n) is 2.53. The molecule has 32 heavy (non-hydrogen) atoms. The van der Waals surface area contributed by atoms with Gasteiger partial charge >= 0.3 is 5.97 Å². The van der Waals surface area contributed by atoms with Gasteiger partial charge in [0.05, 0.1) is 5.75 Å². The first-order chi connectivity index (χ1) is 15.3. The summed E-state index contributed by atoms with van der Waals surface area (Å²) in [5, 5.41) is 4.67. The van der Waals surface area contributed by atoms with Gasteiger partial charge in [-0.3, -0.25) is 19.2 Å². The van der Waals surface area contributed by atoms with Crippen LogP contribution in [0, 0.1) is 5.82 Å². The molecule has 0 fully saturated rings. The average Bonchev–Trinajstić information content (AvgIpc) is 2.77. The molecule has 0 aliphatic rings. The largest absolute Gasteiger partial charge is 0.456 e. The maximum atomic E-state index is 12.9. The van der Waals surface area contributed by atoms with Crippen LogP contribution in [0.15, 0.2) is 48.5 Å². The van der Waals surface area contributed by atoms with E-state index in [9.17, 15) is 23.6 Å². The van der Waals surface area contributed by atoms with Gasteiger partial charge in [0.2, 0.25) is 11.8 Å². The van der Waals surface area contributed by atoms with Gasteiger partial charge in [-0.1, -0.05) is 6.92 Å². The Bertz CT molecular complexity index is 948. The van der Waals surface area contributed by atoms with Crippen LogP contribution in [0.3, 0.4) is 0 Å². The third-order valence-electron chi connectivity index (χ3n) is 4.24. The van der Waals surface area contributed by atoms with Crippen molar-refractivity contribution in [3.8, 4) is 0 Å². The standard InChI is InChI=1S/C23H25FN2O5S/c1-3-4-21(28)25-18-9-5-16(6-10-18)20(27)13-31-23(30)15(2)32-14-22(29)26-19-11-7-17(24)8-12-19/h5-12,15H,3-4,13-14H2,1-2H3,(H,25,28)(H,26,29). The minimum absolute atomic E-state index is 0.00714. The lowest BCUT2D eigenvalue weighted by Gasteiger charge is -2.11. The minimum atomic E-state index is -0.655. The Morgan fingerprint density at radius 3 is 2.09 bits per heavy atom. The number of amides is 2. The van der Waals surface area contributed by atoms with Crippen LogP contribution < -0.4 is 10.6 Å². The predicted octanol–water partition coefficient (Wildman–Crippen LogP) is 4.05. The van der Waals surface area contributed by atoms with Crippen LogP contribution in [0.25, 0.3) is 0 Å². The number of halogens is 1. The number of rotatable bonds is 11. The summed E-state index contributed by atoms with van der Waals surface area (Å²) in [4.78, 5) is 47.9. The molecule has 1 atom stereocenters. The topological polar surface area (TPSA) is 102 Å². The molecule has 2 rings (SSSR count). The molecule has 0 saturated carbocycles. The summed E-state index contributed by atoms with van der Waals surface area (Å²) in [5.41, 5.74) is 1.39. The molecule has 1 unspecified atom stereocenters. The van der Waals surface area contributed by atoms with Gasteiger partial charge in [-0.2, -0.15) is 0 Å². The monoisotopic (exact) mass is 460 g/mol. The van der Waals surface area contributed by atoms with E-state index in [2.05, 4.69) is 10.6 Å². The number of hydrogen-bond donors (Lipinski definition) is 2. The van der Waals surface area contributed by atoms with Crippen molar-refractivity contribution >= 4 is 46.7 Å². The summed E-state index contributed by atoms with van der Waals surface area (Å²) in [5.74, 6) is -1.84. The molecule has 0 saturated heterocycles. The molecule has 2 amide bonds. The number of anilines is 2. The Labute approximate surface area is 190 Å². The van der Waals surface area contributed by atoms with E-state index in [4.69, 9.17) is 4.74 Å². The molecule has 0 aromatic heterocycles. The van der Waals surface area contributed by atoms with Gasteiger partial charge in [-0.15, -0.1) is 11.8 Å². The summed E-state index contributed by atoms with van der Waals surface area (Å²) in [6, 6.07) is 11.7. The normalized spacial score (nSPS) is 11.3. The lowest BCUT2D eigenvalue weighted by Crippen LogP contribution is -2.23. The highest BCUT2D eigenvalue weighted by Gasteiger charge is 2.18. The second-order valence-electron chi connectivity index (χ2n) is 6.91. The van der Waals surface area contributed by atoms with Gasteiger partial charge in [0, 0.05) is 23.4 Å². The molecule has 0 spiro atoms. The van der Waals surface area contributed by atoms with Crippen LogP contribution >= 0.6 is 11.8 Å². The summed E-state index contributed by atoms with van der Waals surface area (Å²) >= 11 is 1.06. The third-order valence-corrected chi connectivity index (χ3v) is 5.36. The van der Waals surface area contributed by atoms with Crippen LogP contribution in [0.2, 0.25) is 0 Å². The van der Waals surface area contributed by atoms with Crippen molar-refractivity contribution in [1.29, 1.82) is 0 Å². The van der Waals surface area contributed by atoms with Crippen LogP contribution in [0.4, 0.5) is 15.8 Å². The molecule has 2 N–H and O–H groups in total. The molecule has 2 aromatic carbocycles. The third kappa shape index (κ3) is 8.50. The van der Waals surface area contributed by atoms with E-state index >= 15 is 0 Å². The highest BCUT2D eigenvalue weighted by Crippen LogP contribution is 2.15. The fourth-order valence-corrected chi connectivity index (χ4v) is 3.20. The SMILES string of the molecule is CCCC(=O)Nc1ccc(C(=O)COC(=O)C(C)SCC(=O)Nc2ccc(F)cc2)cc1. The van der Waals surface area contributed by atoms with Crippen LogP contribution in [0.1, 0.15) is 37.0 Å². The second-order valence-corrected chi connectivity index (χ2v) is 8.24. The lowest BCUT2D eigenvalue weighted by molar-refractivity contribution is -0.141. The van der Waals surface area contributed by atoms with E-state index < -0.39 is 23.6 Å². The Morgan fingerprint density at radius 1 is 0.938 bits per heavy atom. The first kappa shape index (κ1) is 25.1. The van der Waals surface area contributed by atoms with Crippen molar-refractivity contribution in [3.05, 3.63) is 59.9 Å². The highest BCUT2D eigenvalue weighted by molar-refractivity contribution is 8.01. The Hall–Kier alpha value is -3.20. The molecule has 0 radical (unpaired) electrons. The molecule has 170 valence electrons. The molecule has 0 aliphatic heterocycles. The first-order valence-corrected chi connectivity index (χ1v) is 11.1. The van der Waals surface area contributed by atoms with Gasteiger partial charge in [0.1, 0.15) is 11.1 Å². The number of carbonyl (C=O) groups is 4. The zero-order chi connectivity index (χ0) is 23.5.